The Morgan fingerprint density at radius 2 is 1.83 bits per heavy atom. The van der Waals surface area contributed by atoms with Gasteiger partial charge in [0, 0.05) is 23.9 Å². The Labute approximate surface area is 139 Å². The molecule has 2 amide bonds. The first-order valence-electron chi connectivity index (χ1n) is 7.37. The highest BCUT2D eigenvalue weighted by Crippen LogP contribution is 2.35. The monoisotopic (exact) mass is 333 g/mol. The molecular formula is C17H20FN3O3. The molecule has 0 spiro atoms. The smallest absolute Gasteiger partial charge is 0.319 e. The van der Waals surface area contributed by atoms with E-state index in [2.05, 4.69) is 10.6 Å². The van der Waals surface area contributed by atoms with Crippen LogP contribution in [0.5, 0.6) is 17.2 Å². The van der Waals surface area contributed by atoms with Crippen LogP contribution < -0.4 is 25.8 Å². The van der Waals surface area contributed by atoms with Crippen LogP contribution in [0.25, 0.3) is 0 Å². The lowest BCUT2D eigenvalue weighted by molar-refractivity contribution is 0.250. The van der Waals surface area contributed by atoms with Gasteiger partial charge in [0.2, 0.25) is 0 Å². The zero-order valence-electron chi connectivity index (χ0n) is 13.7. The van der Waals surface area contributed by atoms with Gasteiger partial charge in [0.1, 0.15) is 5.75 Å². The van der Waals surface area contributed by atoms with E-state index in [1.165, 1.54) is 13.2 Å². The number of hydrogen-bond acceptors (Lipinski definition) is 4. The summed E-state index contributed by atoms with van der Waals surface area (Å²) in [4.78, 5) is 11.7. The zero-order chi connectivity index (χ0) is 17.7. The summed E-state index contributed by atoms with van der Waals surface area (Å²) in [6, 6.07) is 8.61. The summed E-state index contributed by atoms with van der Waals surface area (Å²) in [6.45, 7) is 3.61. The second-order valence-corrected chi connectivity index (χ2v) is 5.41. The first-order valence-corrected chi connectivity index (χ1v) is 7.37. The number of urea groups is 1. The number of carbonyl (C=O) groups is 1. The fourth-order valence-electron chi connectivity index (χ4n) is 1.95. The molecule has 128 valence electrons. The second-order valence-electron chi connectivity index (χ2n) is 5.41. The van der Waals surface area contributed by atoms with Crippen molar-refractivity contribution < 1.29 is 18.7 Å². The first kappa shape index (κ1) is 17.4. The summed E-state index contributed by atoms with van der Waals surface area (Å²) < 4.78 is 25.1. The minimum atomic E-state index is -0.639. The number of anilines is 2. The summed E-state index contributed by atoms with van der Waals surface area (Å²) >= 11 is 0. The van der Waals surface area contributed by atoms with E-state index >= 15 is 0 Å². The van der Waals surface area contributed by atoms with Crippen molar-refractivity contribution in [1.29, 1.82) is 0 Å². The van der Waals surface area contributed by atoms with Crippen LogP contribution in [0.15, 0.2) is 36.4 Å². The third kappa shape index (κ3) is 4.52. The average molecular weight is 333 g/mol. The van der Waals surface area contributed by atoms with Crippen molar-refractivity contribution in [2.24, 2.45) is 0 Å². The predicted molar refractivity (Wildman–Crippen MR) is 91.2 cm³/mol. The Morgan fingerprint density at radius 1 is 1.17 bits per heavy atom. The molecule has 0 fully saturated rings. The molecule has 0 aliphatic rings. The molecule has 0 radical (unpaired) electrons. The first-order chi connectivity index (χ1) is 11.4. The molecule has 0 aromatic heterocycles. The maximum atomic E-state index is 14.2. The van der Waals surface area contributed by atoms with Gasteiger partial charge in [-0.3, -0.25) is 0 Å². The second kappa shape index (κ2) is 7.54. The van der Waals surface area contributed by atoms with Gasteiger partial charge in [-0.1, -0.05) is 0 Å². The largest absolute Gasteiger partial charge is 0.493 e. The molecule has 0 aliphatic heterocycles. The maximum Gasteiger partial charge on any atom is 0.319 e. The lowest BCUT2D eigenvalue weighted by atomic mass is 10.2. The summed E-state index contributed by atoms with van der Waals surface area (Å²) in [5.74, 6) is 0.322. The molecule has 2 aromatic rings. The van der Waals surface area contributed by atoms with E-state index in [1.54, 1.807) is 38.1 Å². The molecule has 0 atom stereocenters. The lowest BCUT2D eigenvalue weighted by Gasteiger charge is -2.15. The van der Waals surface area contributed by atoms with Crippen LogP contribution in [0.4, 0.5) is 20.6 Å². The molecule has 0 aliphatic carbocycles. The van der Waals surface area contributed by atoms with Gasteiger partial charge in [0.25, 0.3) is 0 Å². The number of ether oxygens (including phenoxy) is 2. The Bertz CT molecular complexity index is 718. The molecule has 0 saturated heterocycles. The van der Waals surface area contributed by atoms with Crippen LogP contribution in [0.2, 0.25) is 0 Å². The molecule has 0 heterocycles. The molecule has 0 saturated carbocycles. The van der Waals surface area contributed by atoms with Crippen molar-refractivity contribution >= 4 is 17.4 Å². The van der Waals surface area contributed by atoms with E-state index in [9.17, 15) is 9.18 Å². The molecule has 0 bridgehead atoms. The molecule has 4 N–H and O–H groups in total. The van der Waals surface area contributed by atoms with Gasteiger partial charge < -0.3 is 25.8 Å². The van der Waals surface area contributed by atoms with E-state index in [-0.39, 0.29) is 23.2 Å². The highest BCUT2D eigenvalue weighted by atomic mass is 19.1. The van der Waals surface area contributed by atoms with Gasteiger partial charge in [-0.2, -0.15) is 0 Å². The quantitative estimate of drug-likeness (QED) is 0.728. The number of carbonyl (C=O) groups excluding carboxylic acids is 1. The van der Waals surface area contributed by atoms with E-state index < -0.39 is 11.8 Å². The Morgan fingerprint density at radius 3 is 2.42 bits per heavy atom. The van der Waals surface area contributed by atoms with E-state index in [1.807, 2.05) is 0 Å². The Balaban J connectivity index is 2.23. The SMILES string of the molecule is COc1cc(NC(=O)NC(C)C)c(F)cc1Oc1ccc(N)cc1. The maximum absolute atomic E-state index is 14.2. The van der Waals surface area contributed by atoms with Crippen LogP contribution in [-0.2, 0) is 0 Å². The van der Waals surface area contributed by atoms with E-state index in [0.717, 1.165) is 6.07 Å². The number of nitrogen functional groups attached to an aromatic ring is 1. The van der Waals surface area contributed by atoms with Crippen molar-refractivity contribution in [2.45, 2.75) is 19.9 Å². The number of nitrogens with one attached hydrogen (secondary N) is 2. The summed E-state index contributed by atoms with van der Waals surface area (Å²) in [7, 11) is 1.43. The van der Waals surface area contributed by atoms with Crippen LogP contribution in [0.1, 0.15) is 13.8 Å². The van der Waals surface area contributed by atoms with Gasteiger partial charge in [-0.05, 0) is 38.1 Å². The van der Waals surface area contributed by atoms with Crippen molar-refractivity contribution in [3.63, 3.8) is 0 Å². The van der Waals surface area contributed by atoms with Crippen LogP contribution >= 0.6 is 0 Å². The molecular weight excluding hydrogens is 313 g/mol. The molecule has 0 unspecified atom stereocenters. The van der Waals surface area contributed by atoms with Crippen molar-refractivity contribution in [3.05, 3.63) is 42.2 Å². The molecule has 2 aromatic carbocycles. The standard InChI is InChI=1S/C17H20FN3O3/c1-10(2)20-17(22)21-14-9-15(23-3)16(8-13(14)18)24-12-6-4-11(19)5-7-12/h4-10H,19H2,1-3H3,(H2,20,21,22). The minimum Gasteiger partial charge on any atom is -0.493 e. The number of halogens is 1. The lowest BCUT2D eigenvalue weighted by Crippen LogP contribution is -2.34. The Hall–Kier alpha value is -2.96. The predicted octanol–water partition coefficient (Wildman–Crippen LogP) is 3.74. The normalized spacial score (nSPS) is 10.4. The number of nitrogens with two attached hydrogens (primary N) is 1. The van der Waals surface area contributed by atoms with Gasteiger partial charge in [-0.15, -0.1) is 0 Å². The molecule has 24 heavy (non-hydrogen) atoms. The third-order valence-corrected chi connectivity index (χ3v) is 3.03. The highest BCUT2D eigenvalue weighted by molar-refractivity contribution is 5.90. The van der Waals surface area contributed by atoms with Gasteiger partial charge in [0.15, 0.2) is 17.3 Å². The number of benzene rings is 2. The number of methoxy groups -OCH3 is 1. The van der Waals surface area contributed by atoms with Gasteiger partial charge >= 0.3 is 6.03 Å². The zero-order valence-corrected chi connectivity index (χ0v) is 13.7. The third-order valence-electron chi connectivity index (χ3n) is 3.03. The topological polar surface area (TPSA) is 85.6 Å². The summed E-state index contributed by atoms with van der Waals surface area (Å²) in [6.07, 6.45) is 0. The average Bonchev–Trinajstić information content (AvgIpc) is 2.51. The van der Waals surface area contributed by atoms with Gasteiger partial charge in [-0.25, -0.2) is 9.18 Å². The fourth-order valence-corrected chi connectivity index (χ4v) is 1.95. The number of amides is 2. The van der Waals surface area contributed by atoms with Crippen molar-refractivity contribution in [1.82, 2.24) is 5.32 Å². The summed E-state index contributed by atoms with van der Waals surface area (Å²) in [5, 5.41) is 5.05. The fraction of sp³-hybridized carbons (Fsp3) is 0.235. The molecule has 6 nitrogen and oxygen atoms in total. The minimum absolute atomic E-state index is 0.00495. The summed E-state index contributed by atoms with van der Waals surface area (Å²) in [5.41, 5.74) is 6.20. The van der Waals surface area contributed by atoms with Gasteiger partial charge in [0.05, 0.1) is 12.8 Å². The van der Waals surface area contributed by atoms with Crippen molar-refractivity contribution in [2.75, 3.05) is 18.2 Å². The van der Waals surface area contributed by atoms with E-state index in [0.29, 0.717) is 11.4 Å². The van der Waals surface area contributed by atoms with E-state index in [4.69, 9.17) is 15.2 Å². The van der Waals surface area contributed by atoms with Crippen LogP contribution in [0.3, 0.4) is 0 Å². The molecule has 2 rings (SSSR count). The number of hydrogen-bond donors (Lipinski definition) is 3. The number of rotatable bonds is 5. The van der Waals surface area contributed by atoms with Crippen LogP contribution in [0, 0.1) is 5.82 Å². The molecule has 7 heteroatoms. The highest BCUT2D eigenvalue weighted by Gasteiger charge is 2.15. The van der Waals surface area contributed by atoms with Crippen molar-refractivity contribution in [3.8, 4) is 17.2 Å². The van der Waals surface area contributed by atoms with Crippen LogP contribution in [-0.4, -0.2) is 19.2 Å². The Kier molecular flexibility index (Phi) is 5.47.